The molecule has 0 fully saturated rings. The Hall–Kier alpha value is -2.87. The van der Waals surface area contributed by atoms with Gasteiger partial charge >= 0.3 is 0 Å². The Morgan fingerprint density at radius 1 is 1.04 bits per heavy atom. The van der Waals surface area contributed by atoms with E-state index in [-0.39, 0.29) is 5.56 Å². The summed E-state index contributed by atoms with van der Waals surface area (Å²) in [5, 5.41) is 13.0. The van der Waals surface area contributed by atoms with Gasteiger partial charge < -0.3 is 4.74 Å². The van der Waals surface area contributed by atoms with Crippen molar-refractivity contribution in [3.8, 4) is 27.7 Å². The van der Waals surface area contributed by atoms with Crippen LogP contribution >= 0.6 is 11.3 Å². The maximum atomic E-state index is 13.9. The number of methoxy groups -OCH3 is 1. The first-order chi connectivity index (χ1) is 11.7. The fourth-order valence-corrected chi connectivity index (χ4v) is 3.18. The number of ether oxygens (including phenoxy) is 1. The van der Waals surface area contributed by atoms with Gasteiger partial charge in [-0.15, -0.1) is 10.2 Å². The largest absolute Gasteiger partial charge is 0.497 e. The molecule has 0 atom stereocenters. The molecule has 2 heterocycles. The lowest BCUT2D eigenvalue weighted by Crippen LogP contribution is -1.92. The van der Waals surface area contributed by atoms with E-state index in [0.29, 0.717) is 15.8 Å². The second-order valence-corrected chi connectivity index (χ2v) is 5.93. The van der Waals surface area contributed by atoms with E-state index in [2.05, 4.69) is 15.3 Å². The number of hydrogen-bond donors (Lipinski definition) is 0. The van der Waals surface area contributed by atoms with Gasteiger partial charge in [-0.25, -0.2) is 8.78 Å². The number of nitrogens with zero attached hydrogens (tertiary/aromatic N) is 4. The average molecular weight is 344 g/mol. The Balaban J connectivity index is 1.80. The van der Waals surface area contributed by atoms with E-state index in [0.717, 1.165) is 17.4 Å². The van der Waals surface area contributed by atoms with E-state index >= 15 is 0 Å². The molecule has 2 aromatic heterocycles. The third kappa shape index (κ3) is 2.41. The summed E-state index contributed by atoms with van der Waals surface area (Å²) in [5.41, 5.74) is 1.03. The van der Waals surface area contributed by atoms with E-state index in [4.69, 9.17) is 4.74 Å². The van der Waals surface area contributed by atoms with Crippen molar-refractivity contribution in [2.75, 3.05) is 7.11 Å². The Kier molecular flexibility index (Phi) is 3.46. The first kappa shape index (κ1) is 14.7. The highest BCUT2D eigenvalue weighted by molar-refractivity contribution is 7.19. The van der Waals surface area contributed by atoms with Crippen molar-refractivity contribution in [2.45, 2.75) is 0 Å². The number of fused-ring (bicyclic) bond motifs is 1. The zero-order valence-electron chi connectivity index (χ0n) is 12.4. The summed E-state index contributed by atoms with van der Waals surface area (Å²) in [6.45, 7) is 0. The maximum absolute atomic E-state index is 13.9. The Morgan fingerprint density at radius 3 is 2.54 bits per heavy atom. The van der Waals surface area contributed by atoms with Crippen LogP contribution in [0.3, 0.4) is 0 Å². The Bertz CT molecular complexity index is 1030. The maximum Gasteiger partial charge on any atom is 0.235 e. The first-order valence-electron chi connectivity index (χ1n) is 6.98. The van der Waals surface area contributed by atoms with Crippen molar-refractivity contribution in [1.29, 1.82) is 0 Å². The molecule has 0 amide bonds. The van der Waals surface area contributed by atoms with Crippen LogP contribution in [-0.4, -0.2) is 26.9 Å². The van der Waals surface area contributed by atoms with Crippen LogP contribution in [0.25, 0.3) is 26.9 Å². The molecule has 4 aromatic rings. The third-order valence-electron chi connectivity index (χ3n) is 3.50. The lowest BCUT2D eigenvalue weighted by molar-refractivity contribution is 0.415. The summed E-state index contributed by atoms with van der Waals surface area (Å²) in [5.74, 6) is -0.0198. The summed E-state index contributed by atoms with van der Waals surface area (Å²) < 4.78 is 33.7. The fraction of sp³-hybridized carbons (Fsp3) is 0.0625. The molecule has 0 aliphatic carbocycles. The van der Waals surface area contributed by atoms with Gasteiger partial charge in [-0.3, -0.25) is 0 Å². The van der Waals surface area contributed by atoms with Gasteiger partial charge in [0.25, 0.3) is 0 Å². The van der Waals surface area contributed by atoms with Crippen LogP contribution in [-0.2, 0) is 0 Å². The Labute approximate surface area is 139 Å². The van der Waals surface area contributed by atoms with Gasteiger partial charge in [0, 0.05) is 17.2 Å². The normalized spacial score (nSPS) is 11.1. The quantitative estimate of drug-likeness (QED) is 0.567. The number of rotatable bonds is 3. The van der Waals surface area contributed by atoms with Crippen LogP contribution in [0.1, 0.15) is 0 Å². The monoisotopic (exact) mass is 344 g/mol. The standard InChI is InChI=1S/C16H10F2N4OS/c1-23-11-5-2-9(3-6-11)14-19-20-16-22(14)21-15(24-16)12-7-4-10(17)8-13(12)18/h2-8H,1H3. The molecule has 0 spiro atoms. The molecule has 0 unspecified atom stereocenters. The minimum absolute atomic E-state index is 0.229. The molecule has 0 radical (unpaired) electrons. The van der Waals surface area contributed by atoms with Gasteiger partial charge in [0.15, 0.2) is 10.8 Å². The minimum atomic E-state index is -0.661. The van der Waals surface area contributed by atoms with Crippen molar-refractivity contribution in [1.82, 2.24) is 19.8 Å². The second-order valence-electron chi connectivity index (χ2n) is 4.98. The minimum Gasteiger partial charge on any atom is -0.497 e. The summed E-state index contributed by atoms with van der Waals surface area (Å²) in [7, 11) is 1.59. The number of benzene rings is 2. The van der Waals surface area contributed by atoms with Crippen molar-refractivity contribution >= 4 is 16.3 Å². The number of hydrogen-bond acceptors (Lipinski definition) is 5. The number of aromatic nitrogens is 4. The average Bonchev–Trinajstić information content (AvgIpc) is 3.15. The summed E-state index contributed by atoms with van der Waals surface area (Å²) in [4.78, 5) is 0.527. The highest BCUT2D eigenvalue weighted by Crippen LogP contribution is 2.30. The van der Waals surface area contributed by atoms with Gasteiger partial charge in [-0.1, -0.05) is 11.3 Å². The van der Waals surface area contributed by atoms with Crippen molar-refractivity contribution in [3.05, 3.63) is 54.1 Å². The summed E-state index contributed by atoms with van der Waals surface area (Å²) in [6, 6.07) is 10.7. The van der Waals surface area contributed by atoms with E-state index in [1.54, 1.807) is 11.6 Å². The van der Waals surface area contributed by atoms with Crippen LogP contribution in [0.15, 0.2) is 42.5 Å². The molecule has 0 aliphatic rings. The molecule has 120 valence electrons. The second kappa shape index (κ2) is 5.64. The fourth-order valence-electron chi connectivity index (χ4n) is 2.31. The van der Waals surface area contributed by atoms with Gasteiger partial charge in [-0.05, 0) is 36.4 Å². The van der Waals surface area contributed by atoms with Gasteiger partial charge in [0.05, 0.1) is 7.11 Å². The topological polar surface area (TPSA) is 52.3 Å². The van der Waals surface area contributed by atoms with Crippen LogP contribution in [0.4, 0.5) is 8.78 Å². The molecule has 0 bridgehead atoms. The van der Waals surface area contributed by atoms with E-state index < -0.39 is 11.6 Å². The van der Waals surface area contributed by atoms with Crippen LogP contribution in [0.5, 0.6) is 5.75 Å². The van der Waals surface area contributed by atoms with Crippen LogP contribution in [0, 0.1) is 11.6 Å². The van der Waals surface area contributed by atoms with E-state index in [1.165, 1.54) is 23.5 Å². The molecule has 0 N–H and O–H groups in total. The highest BCUT2D eigenvalue weighted by atomic mass is 32.1. The molecular weight excluding hydrogens is 334 g/mol. The zero-order valence-corrected chi connectivity index (χ0v) is 13.2. The van der Waals surface area contributed by atoms with Crippen LogP contribution in [0.2, 0.25) is 0 Å². The Morgan fingerprint density at radius 2 is 1.83 bits per heavy atom. The first-order valence-corrected chi connectivity index (χ1v) is 7.79. The summed E-state index contributed by atoms with van der Waals surface area (Å²) >= 11 is 1.18. The van der Waals surface area contributed by atoms with Crippen LogP contribution < -0.4 is 4.74 Å². The lowest BCUT2D eigenvalue weighted by atomic mass is 10.2. The zero-order chi connectivity index (χ0) is 16.7. The van der Waals surface area contributed by atoms with Gasteiger partial charge in [0.1, 0.15) is 17.4 Å². The lowest BCUT2D eigenvalue weighted by Gasteiger charge is -2.01. The molecule has 8 heteroatoms. The molecule has 5 nitrogen and oxygen atoms in total. The summed E-state index contributed by atoms with van der Waals surface area (Å²) in [6.07, 6.45) is 0. The molecule has 24 heavy (non-hydrogen) atoms. The third-order valence-corrected chi connectivity index (χ3v) is 4.43. The molecular formula is C16H10F2N4OS. The molecule has 0 saturated carbocycles. The van der Waals surface area contributed by atoms with Crippen molar-refractivity contribution < 1.29 is 13.5 Å². The molecule has 4 rings (SSSR count). The van der Waals surface area contributed by atoms with Gasteiger partial charge in [0.2, 0.25) is 4.96 Å². The molecule has 2 aromatic carbocycles. The predicted molar refractivity (Wildman–Crippen MR) is 86.0 cm³/mol. The highest BCUT2D eigenvalue weighted by Gasteiger charge is 2.17. The number of halogens is 2. The predicted octanol–water partition coefficient (Wildman–Crippen LogP) is 3.81. The van der Waals surface area contributed by atoms with E-state index in [1.807, 2.05) is 24.3 Å². The smallest absolute Gasteiger partial charge is 0.235 e. The SMILES string of the molecule is COc1ccc(-c2nnc3sc(-c4ccc(F)cc4F)nn23)cc1. The van der Waals surface area contributed by atoms with E-state index in [9.17, 15) is 8.78 Å². The molecule has 0 saturated heterocycles. The molecule has 0 aliphatic heterocycles. The van der Waals surface area contributed by atoms with Gasteiger partial charge in [-0.2, -0.15) is 9.61 Å². The van der Waals surface area contributed by atoms with Crippen molar-refractivity contribution in [2.24, 2.45) is 0 Å². The van der Waals surface area contributed by atoms with Crippen molar-refractivity contribution in [3.63, 3.8) is 0 Å².